The maximum absolute atomic E-state index is 12.2. The molecule has 1 aliphatic rings. The van der Waals surface area contributed by atoms with Crippen LogP contribution in [-0.4, -0.2) is 59.7 Å². The molecule has 0 radical (unpaired) electrons. The first-order valence-corrected chi connectivity index (χ1v) is 8.17. The molecule has 112 valence electrons. The smallest absolute Gasteiger partial charge is 0.244 e. The van der Waals surface area contributed by atoms with E-state index in [4.69, 9.17) is 4.74 Å². The van der Waals surface area contributed by atoms with Crippen molar-refractivity contribution in [3.8, 4) is 5.75 Å². The van der Waals surface area contributed by atoms with Gasteiger partial charge in [-0.2, -0.15) is 0 Å². The summed E-state index contributed by atoms with van der Waals surface area (Å²) in [6.07, 6.45) is 0. The number of piperazine rings is 1. The van der Waals surface area contributed by atoms with E-state index in [1.165, 1.54) is 7.11 Å². The van der Waals surface area contributed by atoms with Gasteiger partial charge in [0, 0.05) is 39.3 Å². The molecule has 6 nitrogen and oxygen atoms in total. The molecule has 0 amide bonds. The zero-order chi connectivity index (χ0) is 14.4. The van der Waals surface area contributed by atoms with Crippen molar-refractivity contribution in [2.75, 3.05) is 46.4 Å². The minimum Gasteiger partial charge on any atom is -0.495 e. The Morgan fingerprint density at radius 3 is 2.70 bits per heavy atom. The molecule has 20 heavy (non-hydrogen) atoms. The first-order chi connectivity index (χ1) is 9.63. The summed E-state index contributed by atoms with van der Waals surface area (Å²) in [5.41, 5.74) is 0. The molecular weight excluding hydrogens is 278 g/mol. The van der Waals surface area contributed by atoms with Crippen LogP contribution in [-0.2, 0) is 10.0 Å². The van der Waals surface area contributed by atoms with Crippen LogP contribution in [0.25, 0.3) is 0 Å². The maximum atomic E-state index is 12.2. The summed E-state index contributed by atoms with van der Waals surface area (Å²) in [5.74, 6) is 0.363. The van der Waals surface area contributed by atoms with E-state index in [9.17, 15) is 8.42 Å². The number of hydrogen-bond acceptors (Lipinski definition) is 5. The predicted octanol–water partition coefficient (Wildman–Crippen LogP) is -0.121. The summed E-state index contributed by atoms with van der Waals surface area (Å²) in [6, 6.07) is 6.63. The van der Waals surface area contributed by atoms with Gasteiger partial charge in [0.05, 0.1) is 7.11 Å². The van der Waals surface area contributed by atoms with Crippen molar-refractivity contribution < 1.29 is 13.2 Å². The highest BCUT2D eigenvalue weighted by Gasteiger charge is 2.19. The van der Waals surface area contributed by atoms with Crippen LogP contribution in [0.15, 0.2) is 29.2 Å². The van der Waals surface area contributed by atoms with Crippen LogP contribution < -0.4 is 14.8 Å². The van der Waals surface area contributed by atoms with Gasteiger partial charge in [-0.15, -0.1) is 0 Å². The van der Waals surface area contributed by atoms with Gasteiger partial charge in [0.1, 0.15) is 10.6 Å². The summed E-state index contributed by atoms with van der Waals surface area (Å²) in [4.78, 5) is 2.42. The highest BCUT2D eigenvalue weighted by atomic mass is 32.2. The van der Waals surface area contributed by atoms with Crippen molar-refractivity contribution >= 4 is 10.0 Å². The number of hydrogen-bond donors (Lipinski definition) is 2. The molecule has 1 heterocycles. The normalized spacial score (nSPS) is 17.1. The minimum atomic E-state index is -3.52. The molecule has 0 spiro atoms. The van der Waals surface area contributed by atoms with E-state index in [0.29, 0.717) is 12.3 Å². The molecule has 1 aliphatic heterocycles. The lowest BCUT2D eigenvalue weighted by Crippen LogP contribution is -2.46. The highest BCUT2D eigenvalue weighted by Crippen LogP contribution is 2.22. The van der Waals surface area contributed by atoms with Crippen LogP contribution in [0.5, 0.6) is 5.75 Å². The van der Waals surface area contributed by atoms with Gasteiger partial charge in [-0.25, -0.2) is 13.1 Å². The number of methoxy groups -OCH3 is 1. The fourth-order valence-electron chi connectivity index (χ4n) is 2.19. The Bertz CT molecular complexity index is 527. The van der Waals surface area contributed by atoms with Crippen molar-refractivity contribution in [2.45, 2.75) is 4.90 Å². The van der Waals surface area contributed by atoms with E-state index >= 15 is 0 Å². The lowest BCUT2D eigenvalue weighted by atomic mass is 10.3. The molecule has 1 fully saturated rings. The molecule has 0 unspecified atom stereocenters. The topological polar surface area (TPSA) is 70.7 Å². The molecule has 0 bridgehead atoms. The number of nitrogens with one attached hydrogen (secondary N) is 2. The highest BCUT2D eigenvalue weighted by molar-refractivity contribution is 7.89. The van der Waals surface area contributed by atoms with E-state index in [-0.39, 0.29) is 4.90 Å². The molecule has 2 rings (SSSR count). The Balaban J connectivity index is 1.93. The summed E-state index contributed by atoms with van der Waals surface area (Å²) in [7, 11) is -2.05. The van der Waals surface area contributed by atoms with Crippen molar-refractivity contribution in [3.63, 3.8) is 0 Å². The Morgan fingerprint density at radius 2 is 2.00 bits per heavy atom. The van der Waals surface area contributed by atoms with Crippen molar-refractivity contribution in [1.82, 2.24) is 14.9 Å². The standard InChI is InChI=1S/C13H21N3O3S/c1-19-12-4-2-3-5-13(12)20(17,18)15-8-11-16-9-6-14-7-10-16/h2-5,14-15H,6-11H2,1H3. The molecule has 0 atom stereocenters. The molecule has 1 aromatic rings. The lowest BCUT2D eigenvalue weighted by molar-refractivity contribution is 0.245. The first-order valence-electron chi connectivity index (χ1n) is 6.69. The van der Waals surface area contributed by atoms with E-state index in [0.717, 1.165) is 32.7 Å². The number of benzene rings is 1. The fraction of sp³-hybridized carbons (Fsp3) is 0.538. The van der Waals surface area contributed by atoms with Gasteiger partial charge in [-0.1, -0.05) is 12.1 Å². The quantitative estimate of drug-likeness (QED) is 0.766. The summed E-state index contributed by atoms with van der Waals surface area (Å²) < 4.78 is 32.2. The monoisotopic (exact) mass is 299 g/mol. The van der Waals surface area contributed by atoms with E-state index in [1.807, 2.05) is 0 Å². The van der Waals surface area contributed by atoms with Gasteiger partial charge < -0.3 is 10.1 Å². The molecule has 0 aliphatic carbocycles. The van der Waals surface area contributed by atoms with E-state index in [2.05, 4.69) is 14.9 Å². The van der Waals surface area contributed by atoms with Gasteiger partial charge in [0.25, 0.3) is 0 Å². The first kappa shape index (κ1) is 15.2. The number of nitrogens with zero attached hydrogens (tertiary/aromatic N) is 1. The number of rotatable bonds is 6. The van der Waals surface area contributed by atoms with Gasteiger partial charge in [0.15, 0.2) is 0 Å². The average molecular weight is 299 g/mol. The van der Waals surface area contributed by atoms with Crippen LogP contribution in [0.2, 0.25) is 0 Å². The van der Waals surface area contributed by atoms with Gasteiger partial charge in [-0.3, -0.25) is 4.90 Å². The lowest BCUT2D eigenvalue weighted by Gasteiger charge is -2.27. The third-order valence-corrected chi connectivity index (χ3v) is 4.79. The Hall–Kier alpha value is -1.15. The molecule has 2 N–H and O–H groups in total. The van der Waals surface area contributed by atoms with Crippen molar-refractivity contribution in [1.29, 1.82) is 0 Å². The zero-order valence-electron chi connectivity index (χ0n) is 11.6. The summed E-state index contributed by atoms with van der Waals surface area (Å²) >= 11 is 0. The molecule has 7 heteroatoms. The minimum absolute atomic E-state index is 0.183. The maximum Gasteiger partial charge on any atom is 0.244 e. The second kappa shape index (κ2) is 7.03. The van der Waals surface area contributed by atoms with E-state index < -0.39 is 10.0 Å². The number of sulfonamides is 1. The third kappa shape index (κ3) is 3.92. The Kier molecular flexibility index (Phi) is 5.36. The predicted molar refractivity (Wildman–Crippen MR) is 77.5 cm³/mol. The van der Waals surface area contributed by atoms with Crippen molar-refractivity contribution in [3.05, 3.63) is 24.3 Å². The fourth-order valence-corrected chi connectivity index (χ4v) is 3.38. The second-order valence-corrected chi connectivity index (χ2v) is 6.38. The van der Waals surface area contributed by atoms with Crippen LogP contribution in [0.3, 0.4) is 0 Å². The van der Waals surface area contributed by atoms with Crippen LogP contribution in [0.1, 0.15) is 0 Å². The largest absolute Gasteiger partial charge is 0.495 e. The average Bonchev–Trinajstić information content (AvgIpc) is 2.48. The molecule has 1 aromatic carbocycles. The van der Waals surface area contributed by atoms with Gasteiger partial charge >= 0.3 is 0 Å². The Morgan fingerprint density at radius 1 is 1.30 bits per heavy atom. The van der Waals surface area contributed by atoms with Gasteiger partial charge in [-0.05, 0) is 12.1 Å². The molecular formula is C13H21N3O3S. The van der Waals surface area contributed by atoms with Crippen LogP contribution in [0.4, 0.5) is 0 Å². The zero-order valence-corrected chi connectivity index (χ0v) is 12.4. The number of para-hydroxylation sites is 1. The second-order valence-electron chi connectivity index (χ2n) is 4.64. The van der Waals surface area contributed by atoms with Crippen molar-refractivity contribution in [2.24, 2.45) is 0 Å². The summed E-state index contributed by atoms with van der Waals surface area (Å²) in [5, 5.41) is 3.27. The number of ether oxygens (including phenoxy) is 1. The SMILES string of the molecule is COc1ccccc1S(=O)(=O)NCCN1CCNCC1. The third-order valence-electron chi connectivity index (χ3n) is 3.29. The van der Waals surface area contributed by atoms with Gasteiger partial charge in [0.2, 0.25) is 10.0 Å². The van der Waals surface area contributed by atoms with Crippen LogP contribution in [0, 0.1) is 0 Å². The Labute approximate surface area is 120 Å². The summed E-state index contributed by atoms with van der Waals surface area (Å²) in [6.45, 7) is 4.95. The van der Waals surface area contributed by atoms with Crippen LogP contribution >= 0.6 is 0 Å². The molecule has 0 aromatic heterocycles. The molecule has 1 saturated heterocycles. The van der Waals surface area contributed by atoms with E-state index in [1.54, 1.807) is 24.3 Å². The molecule has 0 saturated carbocycles.